The molecule has 0 saturated carbocycles. The van der Waals surface area contributed by atoms with Crippen molar-refractivity contribution in [2.24, 2.45) is 0 Å². The second kappa shape index (κ2) is 27.8. The molecule has 0 unspecified atom stereocenters. The molecule has 0 aliphatic heterocycles. The van der Waals surface area contributed by atoms with Crippen molar-refractivity contribution in [2.45, 2.75) is 213 Å². The Morgan fingerprint density at radius 3 is 1.16 bits per heavy atom. The van der Waals surface area contributed by atoms with E-state index in [0.29, 0.717) is 0 Å². The van der Waals surface area contributed by atoms with Crippen molar-refractivity contribution in [1.29, 1.82) is 0 Å². The van der Waals surface area contributed by atoms with Crippen LogP contribution < -0.4 is 4.57 Å². The van der Waals surface area contributed by atoms with Gasteiger partial charge in [-0.15, -0.1) is 0 Å². The lowest BCUT2D eigenvalue weighted by molar-refractivity contribution is -0.704. The second-order valence-corrected chi connectivity index (χ2v) is 12.4. The first-order valence-electron chi connectivity index (χ1n) is 17.9. The summed E-state index contributed by atoms with van der Waals surface area (Å²) < 4.78 is 2.51. The first-order valence-corrected chi connectivity index (χ1v) is 17.9. The molecule has 0 bridgehead atoms. The third kappa shape index (κ3) is 20.2. The number of imidazole rings is 1. The molecule has 0 radical (unpaired) electrons. The molecule has 1 atom stereocenters. The van der Waals surface area contributed by atoms with E-state index in [1.165, 1.54) is 186 Å². The zero-order valence-corrected chi connectivity index (χ0v) is 26.7. The molecule has 1 heterocycles. The van der Waals surface area contributed by atoms with Crippen LogP contribution in [0, 0.1) is 0 Å². The van der Waals surface area contributed by atoms with E-state index >= 15 is 0 Å². The number of aromatic nitrogens is 2. The van der Waals surface area contributed by atoms with Crippen molar-refractivity contribution in [3.63, 3.8) is 0 Å². The van der Waals surface area contributed by atoms with E-state index in [4.69, 9.17) is 0 Å². The monoisotopic (exact) mass is 532 g/mol. The molecule has 0 saturated heterocycles. The highest BCUT2D eigenvalue weighted by atomic mass is 15.1. The number of aryl methyl sites for hydroxylation is 1. The van der Waals surface area contributed by atoms with Gasteiger partial charge in [0, 0.05) is 0 Å². The summed E-state index contributed by atoms with van der Waals surface area (Å²) in [4.78, 5) is 3.64. The van der Waals surface area contributed by atoms with E-state index in [1.807, 2.05) is 0 Å². The van der Waals surface area contributed by atoms with Crippen LogP contribution in [-0.4, -0.2) is 4.98 Å². The minimum absolute atomic E-state index is 0.729. The SMILES string of the molecule is CCCCCCCCCCCCCCCC[C@H](CCCCCCCCCCCCC)c1[nH]cc[n+]1CCC. The zero-order chi connectivity index (χ0) is 27.4. The molecule has 0 spiro atoms. The predicted molar refractivity (Wildman–Crippen MR) is 170 cm³/mol. The Hall–Kier alpha value is -0.790. The highest BCUT2D eigenvalue weighted by Gasteiger charge is 2.22. The molecule has 0 fully saturated rings. The summed E-state index contributed by atoms with van der Waals surface area (Å²) in [5.74, 6) is 2.24. The van der Waals surface area contributed by atoms with Crippen LogP contribution in [0.1, 0.15) is 212 Å². The summed E-state index contributed by atoms with van der Waals surface area (Å²) in [5, 5.41) is 0. The Morgan fingerprint density at radius 2 is 0.816 bits per heavy atom. The summed E-state index contributed by atoms with van der Waals surface area (Å²) in [6.45, 7) is 8.08. The highest BCUT2D eigenvalue weighted by molar-refractivity contribution is 4.90. The van der Waals surface area contributed by atoms with Crippen molar-refractivity contribution >= 4 is 0 Å². The average molecular weight is 532 g/mol. The molecule has 0 aliphatic rings. The van der Waals surface area contributed by atoms with Crippen LogP contribution in [0.5, 0.6) is 0 Å². The predicted octanol–water partition coefficient (Wildman–Crippen LogP) is 12.4. The number of hydrogen-bond donors (Lipinski definition) is 1. The Labute approximate surface area is 240 Å². The van der Waals surface area contributed by atoms with Gasteiger partial charge in [-0.1, -0.05) is 181 Å². The summed E-state index contributed by atoms with van der Waals surface area (Å²) in [6, 6.07) is 0. The molecule has 1 N–H and O–H groups in total. The van der Waals surface area contributed by atoms with Gasteiger partial charge in [-0.25, -0.2) is 9.55 Å². The van der Waals surface area contributed by atoms with Gasteiger partial charge in [0.15, 0.2) is 0 Å². The molecule has 1 rings (SSSR count). The largest absolute Gasteiger partial charge is 0.257 e. The molecule has 0 amide bonds. The standard InChI is InChI=1S/C36H70N2/c1-4-7-9-11-13-15-17-18-19-21-23-25-27-29-31-35(36-37-32-34-38(36)33-6-3)30-28-26-24-22-20-16-14-12-10-8-5-2/h32,34-35H,4-31,33H2,1-3H3/p+1/t35-/m0/s1. The van der Waals surface area contributed by atoms with Crippen LogP contribution in [-0.2, 0) is 6.54 Å². The van der Waals surface area contributed by atoms with Gasteiger partial charge in [0.2, 0.25) is 0 Å². The van der Waals surface area contributed by atoms with Gasteiger partial charge in [0.1, 0.15) is 12.4 Å². The Balaban J connectivity index is 2.14. The number of unbranched alkanes of at least 4 members (excludes halogenated alkanes) is 23. The second-order valence-electron chi connectivity index (χ2n) is 12.4. The fourth-order valence-corrected chi connectivity index (χ4v) is 6.22. The van der Waals surface area contributed by atoms with E-state index in [2.05, 4.69) is 42.7 Å². The number of aromatic amines is 1. The van der Waals surface area contributed by atoms with Crippen LogP contribution in [0.2, 0.25) is 0 Å². The lowest BCUT2D eigenvalue weighted by atomic mass is 9.93. The van der Waals surface area contributed by atoms with Crippen molar-refractivity contribution in [2.75, 3.05) is 0 Å². The maximum Gasteiger partial charge on any atom is 0.257 e. The quantitative estimate of drug-likeness (QED) is 0.0752. The van der Waals surface area contributed by atoms with Gasteiger partial charge >= 0.3 is 0 Å². The molecule has 1 aromatic rings. The van der Waals surface area contributed by atoms with Gasteiger partial charge in [-0.3, -0.25) is 0 Å². The van der Waals surface area contributed by atoms with Gasteiger partial charge in [-0.05, 0) is 19.3 Å². The van der Waals surface area contributed by atoms with Gasteiger partial charge < -0.3 is 0 Å². The summed E-state index contributed by atoms with van der Waals surface area (Å²) in [6.07, 6.45) is 44.5. The highest BCUT2D eigenvalue weighted by Crippen LogP contribution is 2.26. The third-order valence-electron chi connectivity index (χ3n) is 8.71. The van der Waals surface area contributed by atoms with Crippen molar-refractivity contribution in [3.8, 4) is 0 Å². The molecule has 0 aromatic carbocycles. The first-order chi connectivity index (χ1) is 18.8. The molecule has 1 aromatic heterocycles. The van der Waals surface area contributed by atoms with E-state index in [0.717, 1.165) is 12.5 Å². The summed E-state index contributed by atoms with van der Waals surface area (Å²) in [7, 11) is 0. The third-order valence-corrected chi connectivity index (χ3v) is 8.71. The van der Waals surface area contributed by atoms with E-state index in [-0.39, 0.29) is 0 Å². The van der Waals surface area contributed by atoms with Crippen LogP contribution in [0.4, 0.5) is 0 Å². The summed E-state index contributed by atoms with van der Waals surface area (Å²) >= 11 is 0. The normalized spacial score (nSPS) is 12.4. The Kier molecular flexibility index (Phi) is 25.7. The molecule has 2 nitrogen and oxygen atoms in total. The maximum atomic E-state index is 3.64. The van der Waals surface area contributed by atoms with Crippen LogP contribution >= 0.6 is 0 Å². The number of nitrogens with one attached hydrogen (secondary N) is 1. The fraction of sp³-hybridized carbons (Fsp3) is 0.917. The van der Waals surface area contributed by atoms with Crippen LogP contribution in [0.25, 0.3) is 0 Å². The minimum Gasteiger partial charge on any atom is -0.247 e. The first kappa shape index (κ1) is 35.2. The van der Waals surface area contributed by atoms with Crippen molar-refractivity contribution in [3.05, 3.63) is 18.2 Å². The Morgan fingerprint density at radius 1 is 0.474 bits per heavy atom. The van der Waals surface area contributed by atoms with E-state index in [9.17, 15) is 0 Å². The van der Waals surface area contributed by atoms with E-state index < -0.39 is 0 Å². The number of H-pyrrole nitrogens is 1. The lowest BCUT2D eigenvalue weighted by Gasteiger charge is -2.14. The molecule has 224 valence electrons. The fourth-order valence-electron chi connectivity index (χ4n) is 6.22. The number of nitrogens with zero attached hydrogens (tertiary/aromatic N) is 1. The zero-order valence-electron chi connectivity index (χ0n) is 26.7. The van der Waals surface area contributed by atoms with Crippen molar-refractivity contribution in [1.82, 2.24) is 4.98 Å². The molecule has 2 heteroatoms. The molecule has 38 heavy (non-hydrogen) atoms. The summed E-state index contributed by atoms with van der Waals surface area (Å²) in [5.41, 5.74) is 0. The Bertz CT molecular complexity index is 578. The molecule has 0 aliphatic carbocycles. The van der Waals surface area contributed by atoms with Gasteiger partial charge in [0.25, 0.3) is 5.82 Å². The van der Waals surface area contributed by atoms with Gasteiger partial charge in [0.05, 0.1) is 12.5 Å². The average Bonchev–Trinajstić information content (AvgIpc) is 3.39. The minimum atomic E-state index is 0.729. The molecular formula is C36H71N2+. The smallest absolute Gasteiger partial charge is 0.247 e. The van der Waals surface area contributed by atoms with Gasteiger partial charge in [-0.2, -0.15) is 0 Å². The lowest BCUT2D eigenvalue weighted by Crippen LogP contribution is -2.37. The molecular weight excluding hydrogens is 460 g/mol. The number of rotatable bonds is 30. The van der Waals surface area contributed by atoms with Crippen molar-refractivity contribution < 1.29 is 4.57 Å². The maximum absolute atomic E-state index is 3.64. The van der Waals surface area contributed by atoms with Crippen LogP contribution in [0.3, 0.4) is 0 Å². The topological polar surface area (TPSA) is 19.7 Å². The number of hydrogen-bond acceptors (Lipinski definition) is 0. The van der Waals surface area contributed by atoms with Crippen LogP contribution in [0.15, 0.2) is 12.4 Å². The van der Waals surface area contributed by atoms with E-state index in [1.54, 1.807) is 0 Å².